The van der Waals surface area contributed by atoms with Crippen LogP contribution in [0, 0.1) is 13.0 Å². The third kappa shape index (κ3) is 6.88. The molecule has 4 heterocycles. The number of nitrogens with zero attached hydrogens (tertiary/aromatic N) is 2. The molecule has 0 saturated carbocycles. The van der Waals surface area contributed by atoms with Crippen molar-refractivity contribution in [2.24, 2.45) is 0 Å². The van der Waals surface area contributed by atoms with Crippen LogP contribution in [0.15, 0.2) is 185 Å². The van der Waals surface area contributed by atoms with Crippen LogP contribution in [0.4, 0.5) is 0 Å². The van der Waals surface area contributed by atoms with E-state index in [1.54, 1.807) is 6.07 Å². The summed E-state index contributed by atoms with van der Waals surface area (Å²) in [6, 6.07) is 62.1. The van der Waals surface area contributed by atoms with E-state index in [1.807, 2.05) is 110 Å². The number of hydrogen-bond donors (Lipinski definition) is 1. The summed E-state index contributed by atoms with van der Waals surface area (Å²) in [5.41, 5.74) is 13.2. The zero-order chi connectivity index (χ0) is 37.6. The second-order valence-electron chi connectivity index (χ2n) is 13.9. The molecule has 6 aromatic carbocycles. The van der Waals surface area contributed by atoms with Gasteiger partial charge in [-0.05, 0) is 72.1 Å². The van der Waals surface area contributed by atoms with Crippen LogP contribution in [0.2, 0.25) is 0 Å². The Kier molecular flexibility index (Phi) is 9.45. The van der Waals surface area contributed by atoms with Crippen molar-refractivity contribution >= 4 is 21.9 Å². The summed E-state index contributed by atoms with van der Waals surface area (Å²) in [7, 11) is 0. The maximum atomic E-state index is 10.7. The number of phenols is 1. The number of hydrogen-bond acceptors (Lipinski definition) is 5. The van der Waals surface area contributed by atoms with Crippen molar-refractivity contribution in [3.63, 3.8) is 0 Å². The van der Waals surface area contributed by atoms with E-state index in [-0.39, 0.29) is 26.8 Å². The molecule has 10 aromatic rings. The van der Waals surface area contributed by atoms with E-state index < -0.39 is 0 Å². The molecule has 6 heteroatoms. The number of para-hydroxylation sites is 2. The number of aryl methyl sites for hydroxylation is 1. The molecule has 5 nitrogen and oxygen atoms in total. The first kappa shape index (κ1) is 35.9. The maximum Gasteiger partial charge on any atom is 0.143 e. The smallest absolute Gasteiger partial charge is 0.143 e. The van der Waals surface area contributed by atoms with Crippen molar-refractivity contribution in [2.45, 2.75) is 6.92 Å². The molecule has 57 heavy (non-hydrogen) atoms. The monoisotopic (exact) mass is 916 g/mol. The Hall–Kier alpha value is -6.81. The van der Waals surface area contributed by atoms with Gasteiger partial charge in [-0.2, -0.15) is 0 Å². The molecule has 0 aliphatic rings. The van der Waals surface area contributed by atoms with Crippen LogP contribution < -0.4 is 0 Å². The summed E-state index contributed by atoms with van der Waals surface area (Å²) in [6.45, 7) is 1.99. The minimum atomic E-state index is 0. The van der Waals surface area contributed by atoms with E-state index in [9.17, 15) is 5.11 Å². The third-order valence-electron chi connectivity index (χ3n) is 10.2. The predicted molar refractivity (Wildman–Crippen MR) is 225 cm³/mol. The number of phenolic OH excluding ortho intramolecular Hbond substituents is 1. The summed E-state index contributed by atoms with van der Waals surface area (Å²) in [6.07, 6.45) is 0. The van der Waals surface area contributed by atoms with E-state index in [2.05, 4.69) is 72.8 Å². The third-order valence-corrected chi connectivity index (χ3v) is 10.2. The zero-order valence-corrected chi connectivity index (χ0v) is 33.0. The van der Waals surface area contributed by atoms with Crippen molar-refractivity contribution in [1.29, 1.82) is 0 Å². The van der Waals surface area contributed by atoms with Gasteiger partial charge in [0.25, 0.3) is 0 Å². The van der Waals surface area contributed by atoms with Crippen molar-refractivity contribution in [3.05, 3.63) is 188 Å². The molecule has 0 aliphatic carbocycles. The minimum Gasteiger partial charge on any atom is -0.507 e. The summed E-state index contributed by atoms with van der Waals surface area (Å²) in [5, 5.41) is 12.9. The van der Waals surface area contributed by atoms with Crippen molar-refractivity contribution in [1.82, 2.24) is 9.97 Å². The second kappa shape index (κ2) is 15.0. The van der Waals surface area contributed by atoms with Gasteiger partial charge in [-0.3, -0.25) is 9.97 Å². The Labute approximate surface area is 344 Å². The molecule has 1 N–H and O–H groups in total. The van der Waals surface area contributed by atoms with Crippen LogP contribution in [-0.2, 0) is 21.1 Å². The number of fused-ring (bicyclic) bond motifs is 3. The van der Waals surface area contributed by atoms with Gasteiger partial charge in [-0.1, -0.05) is 120 Å². The number of aromatic hydroxyl groups is 1. The zero-order valence-electron chi connectivity index (χ0n) is 30.7. The number of pyridine rings is 2. The number of aromatic nitrogens is 2. The number of rotatable bonds is 7. The fourth-order valence-corrected chi connectivity index (χ4v) is 7.46. The first-order valence-corrected chi connectivity index (χ1v) is 18.5. The van der Waals surface area contributed by atoms with Crippen LogP contribution in [0.5, 0.6) is 5.75 Å². The molecule has 0 saturated heterocycles. The predicted octanol–water partition coefficient (Wildman–Crippen LogP) is 13.4. The molecule has 0 atom stereocenters. The summed E-state index contributed by atoms with van der Waals surface area (Å²) < 4.78 is 13.0. The van der Waals surface area contributed by atoms with Gasteiger partial charge in [0.15, 0.2) is 0 Å². The number of furan rings is 2. The van der Waals surface area contributed by atoms with Crippen molar-refractivity contribution in [2.75, 3.05) is 0 Å². The summed E-state index contributed by atoms with van der Waals surface area (Å²) in [5.74, 6) is 1.67. The first-order chi connectivity index (χ1) is 27.5. The molecule has 0 spiro atoms. The van der Waals surface area contributed by atoms with E-state index >= 15 is 0 Å². The van der Waals surface area contributed by atoms with Crippen LogP contribution in [-0.4, -0.2) is 15.1 Å². The normalized spacial score (nSPS) is 11.2. The quantitative estimate of drug-likeness (QED) is 0.161. The van der Waals surface area contributed by atoms with Gasteiger partial charge in [-0.25, -0.2) is 0 Å². The molecule has 10 rings (SSSR count). The Morgan fingerprint density at radius 1 is 0.456 bits per heavy atom. The van der Waals surface area contributed by atoms with Gasteiger partial charge in [-0.15, -0.1) is 24.3 Å². The molecular weight excluding hydrogens is 884 g/mol. The van der Waals surface area contributed by atoms with Crippen molar-refractivity contribution < 1.29 is 35.0 Å². The van der Waals surface area contributed by atoms with Gasteiger partial charge in [0.2, 0.25) is 0 Å². The average molecular weight is 917 g/mol. The first-order valence-electron chi connectivity index (χ1n) is 18.5. The molecule has 0 unspecified atom stereocenters. The van der Waals surface area contributed by atoms with Crippen LogP contribution in [0.1, 0.15) is 5.69 Å². The van der Waals surface area contributed by atoms with Crippen molar-refractivity contribution in [3.8, 4) is 84.4 Å². The largest absolute Gasteiger partial charge is 0.507 e. The van der Waals surface area contributed by atoms with Gasteiger partial charge in [0, 0.05) is 71.2 Å². The Morgan fingerprint density at radius 3 is 1.86 bits per heavy atom. The second-order valence-corrected chi connectivity index (χ2v) is 13.9. The summed E-state index contributed by atoms with van der Waals surface area (Å²) in [4.78, 5) is 9.94. The Balaban J connectivity index is 0.00000422. The molecule has 0 radical (unpaired) electrons. The number of benzene rings is 6. The van der Waals surface area contributed by atoms with E-state index in [1.165, 1.54) is 0 Å². The minimum absolute atomic E-state index is 0. The van der Waals surface area contributed by atoms with Crippen LogP contribution >= 0.6 is 0 Å². The standard InChI is InChI=1S/C51H33N2O3.Pt/c1-32-26-39(49-25-24-48(55-49)37-22-23-41-42-20-11-19-40(34-14-6-3-7-15-34)51(42)56-50(41)31-37)30-44(52-32)35-16-10-17-36(27-35)45-28-38(33-12-4-2-5-13-33)29-46(53-45)43-18-8-9-21-47(43)54;/h2-26,28-31,54H,1H3;/q-1;. The van der Waals surface area contributed by atoms with Gasteiger partial charge in [0.1, 0.15) is 28.4 Å². The molecule has 0 bridgehead atoms. The maximum absolute atomic E-state index is 10.7. The Morgan fingerprint density at radius 2 is 1.09 bits per heavy atom. The van der Waals surface area contributed by atoms with Crippen LogP contribution in [0.25, 0.3) is 101 Å². The molecule has 0 amide bonds. The summed E-state index contributed by atoms with van der Waals surface area (Å²) >= 11 is 0. The van der Waals surface area contributed by atoms with Gasteiger partial charge >= 0.3 is 0 Å². The fourth-order valence-electron chi connectivity index (χ4n) is 7.46. The molecule has 4 aromatic heterocycles. The van der Waals surface area contributed by atoms with Crippen LogP contribution in [0.3, 0.4) is 0 Å². The SMILES string of the molecule is Cc1cc(-c2ccc(-c3ccc4c(c3)oc3c(-c5ccccc5)cccc34)o2)cc(-c2[c-]c(-c3cc(-c4ccccc4)cc(-c4ccccc4O)n3)ccc2)n1.[Pt]. The molecule has 0 fully saturated rings. The molecule has 0 aliphatic heterocycles. The van der Waals surface area contributed by atoms with Gasteiger partial charge in [0.05, 0.1) is 5.69 Å². The molecule has 276 valence electrons. The molecular formula is C51H33N2O3Pt-. The van der Waals surface area contributed by atoms with Gasteiger partial charge < -0.3 is 13.9 Å². The van der Waals surface area contributed by atoms with E-state index in [0.717, 1.165) is 95.0 Å². The fraction of sp³-hybridized carbons (Fsp3) is 0.0196. The topological polar surface area (TPSA) is 72.3 Å². The Bertz CT molecular complexity index is 3060. The van der Waals surface area contributed by atoms with E-state index in [4.69, 9.17) is 18.8 Å². The van der Waals surface area contributed by atoms with E-state index in [0.29, 0.717) is 11.3 Å². The average Bonchev–Trinajstić information content (AvgIpc) is 3.90.